The predicted octanol–water partition coefficient (Wildman–Crippen LogP) is 2.53. The molecule has 0 aliphatic heterocycles. The van der Waals surface area contributed by atoms with Gasteiger partial charge in [-0.15, -0.1) is 9.24 Å². The molecular formula is C12H18NO2P. The van der Waals surface area contributed by atoms with Crippen molar-refractivity contribution in [1.82, 2.24) is 4.98 Å². The number of esters is 1. The SMILES string of the molecule is CC(C)CC(CP)OC(=O)c1cccnc1. The summed E-state index contributed by atoms with van der Waals surface area (Å²) < 4.78 is 5.40. The third-order valence-corrected chi connectivity index (χ3v) is 2.69. The predicted molar refractivity (Wildman–Crippen MR) is 67.5 cm³/mol. The van der Waals surface area contributed by atoms with Crippen LogP contribution in [0.4, 0.5) is 0 Å². The van der Waals surface area contributed by atoms with E-state index < -0.39 is 0 Å². The molecule has 16 heavy (non-hydrogen) atoms. The fourth-order valence-corrected chi connectivity index (χ4v) is 1.71. The molecule has 3 nitrogen and oxygen atoms in total. The number of hydrogen-bond acceptors (Lipinski definition) is 3. The van der Waals surface area contributed by atoms with E-state index in [0.717, 1.165) is 12.6 Å². The summed E-state index contributed by atoms with van der Waals surface area (Å²) in [5.41, 5.74) is 0.509. The van der Waals surface area contributed by atoms with E-state index in [0.29, 0.717) is 11.5 Å². The van der Waals surface area contributed by atoms with Gasteiger partial charge in [-0.25, -0.2) is 4.79 Å². The van der Waals surface area contributed by atoms with Gasteiger partial charge in [-0.2, -0.15) is 0 Å². The maximum absolute atomic E-state index is 11.7. The Hall–Kier alpha value is -0.950. The lowest BCUT2D eigenvalue weighted by Gasteiger charge is -2.17. The molecule has 0 aliphatic carbocycles. The number of carbonyl (C=O) groups excluding carboxylic acids is 1. The first kappa shape index (κ1) is 13.1. The minimum absolute atomic E-state index is 0.0299. The summed E-state index contributed by atoms with van der Waals surface area (Å²) in [6.07, 6.45) is 4.78. The first-order valence-electron chi connectivity index (χ1n) is 5.44. The first-order chi connectivity index (χ1) is 7.63. The summed E-state index contributed by atoms with van der Waals surface area (Å²) in [6.45, 7) is 4.23. The lowest BCUT2D eigenvalue weighted by Crippen LogP contribution is -2.21. The van der Waals surface area contributed by atoms with Gasteiger partial charge in [-0.1, -0.05) is 13.8 Å². The Morgan fingerprint density at radius 1 is 1.56 bits per heavy atom. The Bertz CT molecular complexity index is 327. The molecule has 1 rings (SSSR count). The van der Waals surface area contributed by atoms with E-state index in [1.807, 2.05) is 0 Å². The molecular weight excluding hydrogens is 221 g/mol. The number of nitrogens with zero attached hydrogens (tertiary/aromatic N) is 1. The van der Waals surface area contributed by atoms with E-state index >= 15 is 0 Å². The zero-order valence-corrected chi connectivity index (χ0v) is 10.9. The number of pyridine rings is 1. The zero-order valence-electron chi connectivity index (χ0n) is 9.72. The quantitative estimate of drug-likeness (QED) is 0.585. The van der Waals surface area contributed by atoms with Crippen molar-refractivity contribution in [1.29, 1.82) is 0 Å². The second-order valence-electron chi connectivity index (χ2n) is 4.13. The van der Waals surface area contributed by atoms with E-state index in [-0.39, 0.29) is 12.1 Å². The third-order valence-electron chi connectivity index (χ3n) is 2.17. The highest BCUT2D eigenvalue weighted by Gasteiger charge is 2.15. The maximum Gasteiger partial charge on any atom is 0.339 e. The first-order valence-corrected chi connectivity index (χ1v) is 6.26. The van der Waals surface area contributed by atoms with Crippen LogP contribution in [0.25, 0.3) is 0 Å². The standard InChI is InChI=1S/C12H18NO2P/c1-9(2)6-11(8-16)15-12(14)10-4-3-5-13-7-10/h3-5,7,9,11H,6,8,16H2,1-2H3. The van der Waals surface area contributed by atoms with Gasteiger partial charge in [0.05, 0.1) is 5.56 Å². The van der Waals surface area contributed by atoms with Crippen LogP contribution in [0, 0.1) is 5.92 Å². The summed E-state index contributed by atoms with van der Waals surface area (Å²) in [7, 11) is 2.62. The summed E-state index contributed by atoms with van der Waals surface area (Å²) >= 11 is 0. The topological polar surface area (TPSA) is 39.2 Å². The van der Waals surface area contributed by atoms with Gasteiger partial charge in [0.25, 0.3) is 0 Å². The van der Waals surface area contributed by atoms with Crippen molar-refractivity contribution in [3.05, 3.63) is 30.1 Å². The Morgan fingerprint density at radius 2 is 2.31 bits per heavy atom. The smallest absolute Gasteiger partial charge is 0.339 e. The molecule has 0 saturated heterocycles. The van der Waals surface area contributed by atoms with Crippen molar-refractivity contribution < 1.29 is 9.53 Å². The highest BCUT2D eigenvalue weighted by molar-refractivity contribution is 7.16. The summed E-state index contributed by atoms with van der Waals surface area (Å²) in [4.78, 5) is 15.6. The highest BCUT2D eigenvalue weighted by Crippen LogP contribution is 2.13. The molecule has 0 aliphatic rings. The normalized spacial score (nSPS) is 12.5. The van der Waals surface area contributed by atoms with Gasteiger partial charge in [0.1, 0.15) is 6.10 Å². The van der Waals surface area contributed by atoms with Crippen LogP contribution < -0.4 is 0 Å². The van der Waals surface area contributed by atoms with Crippen molar-refractivity contribution >= 4 is 15.2 Å². The fourth-order valence-electron chi connectivity index (χ4n) is 1.42. The maximum atomic E-state index is 11.7. The van der Waals surface area contributed by atoms with Crippen LogP contribution in [0.1, 0.15) is 30.6 Å². The molecule has 0 radical (unpaired) electrons. The van der Waals surface area contributed by atoms with Crippen molar-refractivity contribution in [3.63, 3.8) is 0 Å². The van der Waals surface area contributed by atoms with Crippen molar-refractivity contribution in [2.24, 2.45) is 5.92 Å². The third kappa shape index (κ3) is 4.28. The minimum Gasteiger partial charge on any atom is -0.458 e. The molecule has 0 amide bonds. The second-order valence-corrected chi connectivity index (χ2v) is 4.61. The fraction of sp³-hybridized carbons (Fsp3) is 0.500. The van der Waals surface area contributed by atoms with Gasteiger partial charge >= 0.3 is 5.97 Å². The van der Waals surface area contributed by atoms with Gasteiger partial charge in [0.2, 0.25) is 0 Å². The Kier molecular flexibility index (Phi) is 5.41. The number of rotatable bonds is 5. The molecule has 2 unspecified atom stereocenters. The molecule has 0 bridgehead atoms. The van der Waals surface area contributed by atoms with Crippen molar-refractivity contribution in [2.45, 2.75) is 26.4 Å². The largest absolute Gasteiger partial charge is 0.458 e. The number of aromatic nitrogens is 1. The summed E-state index contributed by atoms with van der Waals surface area (Å²) in [6, 6.07) is 3.44. The van der Waals surface area contributed by atoms with Crippen LogP contribution in [0.3, 0.4) is 0 Å². The molecule has 0 aromatic carbocycles. The molecule has 1 aromatic heterocycles. The Morgan fingerprint density at radius 3 is 2.81 bits per heavy atom. The van der Waals surface area contributed by atoms with E-state index in [4.69, 9.17) is 4.74 Å². The molecule has 88 valence electrons. The van der Waals surface area contributed by atoms with E-state index in [1.165, 1.54) is 6.20 Å². The summed E-state index contributed by atoms with van der Waals surface area (Å²) in [5, 5.41) is 0. The average Bonchev–Trinajstić information content (AvgIpc) is 2.28. The minimum atomic E-state index is -0.291. The zero-order chi connectivity index (χ0) is 12.0. The molecule has 2 atom stereocenters. The number of hydrogen-bond donors (Lipinski definition) is 0. The second kappa shape index (κ2) is 6.59. The Balaban J connectivity index is 2.56. The van der Waals surface area contributed by atoms with Crippen LogP contribution in [0.5, 0.6) is 0 Å². The Labute approximate surface area is 98.8 Å². The average molecular weight is 239 g/mol. The molecule has 0 N–H and O–H groups in total. The van der Waals surface area contributed by atoms with Gasteiger partial charge in [-0.3, -0.25) is 4.98 Å². The lowest BCUT2D eigenvalue weighted by atomic mass is 10.1. The highest BCUT2D eigenvalue weighted by atomic mass is 31.0. The molecule has 1 heterocycles. The van der Waals surface area contributed by atoms with E-state index in [1.54, 1.807) is 18.3 Å². The summed E-state index contributed by atoms with van der Waals surface area (Å²) in [5.74, 6) is 0.230. The molecule has 0 fully saturated rings. The molecule has 1 aromatic rings. The molecule has 0 spiro atoms. The number of ether oxygens (including phenoxy) is 1. The van der Waals surface area contributed by atoms with Gasteiger partial charge in [-0.05, 0) is 30.6 Å². The van der Waals surface area contributed by atoms with Crippen LogP contribution in [0.2, 0.25) is 0 Å². The van der Waals surface area contributed by atoms with Crippen LogP contribution in [-0.2, 0) is 4.74 Å². The van der Waals surface area contributed by atoms with Crippen LogP contribution in [0.15, 0.2) is 24.5 Å². The van der Waals surface area contributed by atoms with Crippen LogP contribution in [-0.4, -0.2) is 23.2 Å². The van der Waals surface area contributed by atoms with Gasteiger partial charge in [0.15, 0.2) is 0 Å². The molecule has 0 saturated carbocycles. The van der Waals surface area contributed by atoms with Crippen molar-refractivity contribution in [2.75, 3.05) is 6.16 Å². The molecule has 4 heteroatoms. The van der Waals surface area contributed by atoms with E-state index in [9.17, 15) is 4.79 Å². The van der Waals surface area contributed by atoms with Crippen molar-refractivity contribution in [3.8, 4) is 0 Å². The van der Waals surface area contributed by atoms with E-state index in [2.05, 4.69) is 28.1 Å². The lowest BCUT2D eigenvalue weighted by molar-refractivity contribution is 0.0309. The monoisotopic (exact) mass is 239 g/mol. The van der Waals surface area contributed by atoms with Gasteiger partial charge in [0, 0.05) is 12.4 Å². The number of carbonyl (C=O) groups is 1. The van der Waals surface area contributed by atoms with Gasteiger partial charge < -0.3 is 4.74 Å². The van der Waals surface area contributed by atoms with Crippen LogP contribution >= 0.6 is 9.24 Å².